The van der Waals surface area contributed by atoms with Crippen molar-refractivity contribution in [3.63, 3.8) is 0 Å². The zero-order chi connectivity index (χ0) is 14.3. The molecule has 1 N–H and O–H groups in total. The maximum Gasteiger partial charge on any atom is 0.225 e. The minimum atomic E-state index is 0.242. The van der Waals surface area contributed by atoms with Crippen LogP contribution >= 0.6 is 57.1 Å². The van der Waals surface area contributed by atoms with Crippen molar-refractivity contribution >= 4 is 78.9 Å². The van der Waals surface area contributed by atoms with Crippen molar-refractivity contribution in [1.82, 2.24) is 9.97 Å². The van der Waals surface area contributed by atoms with Crippen LogP contribution in [0.25, 0.3) is 10.2 Å². The van der Waals surface area contributed by atoms with E-state index >= 15 is 0 Å². The van der Waals surface area contributed by atoms with Gasteiger partial charge in [0.1, 0.15) is 10.6 Å². The zero-order valence-electron chi connectivity index (χ0n) is 10.2. The predicted octanol–water partition coefficient (Wildman–Crippen LogP) is 5.65. The summed E-state index contributed by atoms with van der Waals surface area (Å²) < 4.78 is 1.02. The van der Waals surface area contributed by atoms with Crippen LogP contribution in [0.5, 0.6) is 0 Å². The number of aryl methyl sites for hydroxylation is 1. The smallest absolute Gasteiger partial charge is 0.225 e. The number of aromatic nitrogens is 2. The topological polar surface area (TPSA) is 37.8 Å². The highest BCUT2D eigenvalue weighted by molar-refractivity contribution is 14.1. The van der Waals surface area contributed by atoms with Gasteiger partial charge in [-0.15, -0.1) is 11.3 Å². The lowest BCUT2D eigenvalue weighted by Crippen LogP contribution is -1.97. The molecule has 0 aliphatic heterocycles. The summed E-state index contributed by atoms with van der Waals surface area (Å²) in [5.74, 6) is 0.713. The van der Waals surface area contributed by atoms with Crippen molar-refractivity contribution in [2.75, 3.05) is 5.32 Å². The molecule has 0 atom stereocenters. The Kier molecular flexibility index (Phi) is 4.03. The summed E-state index contributed by atoms with van der Waals surface area (Å²) in [4.78, 5) is 10.6. The molecule has 0 aliphatic rings. The molecule has 102 valence electrons. The first-order chi connectivity index (χ1) is 9.52. The molecular formula is C13H8Cl2IN3S. The summed E-state index contributed by atoms with van der Waals surface area (Å²) in [7, 11) is 0. The van der Waals surface area contributed by atoms with Gasteiger partial charge < -0.3 is 5.32 Å². The largest absolute Gasteiger partial charge is 0.339 e. The lowest BCUT2D eigenvalue weighted by atomic mass is 10.3. The van der Waals surface area contributed by atoms with Gasteiger partial charge in [0.15, 0.2) is 0 Å². The standard InChI is InChI=1S/C13H8Cl2IN3S/c1-6-4-8-11(18-13(15)19-12(8)20-6)17-10-3-2-7(14)5-9(10)16/h2-5H,1H3,(H,17,18,19). The molecule has 0 spiro atoms. The molecule has 2 heterocycles. The molecule has 7 heteroatoms. The number of halogens is 3. The molecule has 0 amide bonds. The third-order valence-electron chi connectivity index (χ3n) is 2.67. The van der Waals surface area contributed by atoms with Gasteiger partial charge in [-0.1, -0.05) is 11.6 Å². The number of rotatable bonds is 2. The van der Waals surface area contributed by atoms with Gasteiger partial charge >= 0.3 is 0 Å². The van der Waals surface area contributed by atoms with Crippen LogP contribution in [0.3, 0.4) is 0 Å². The van der Waals surface area contributed by atoms with Gasteiger partial charge in [0.2, 0.25) is 5.28 Å². The van der Waals surface area contributed by atoms with Crippen molar-refractivity contribution in [1.29, 1.82) is 0 Å². The molecule has 0 fully saturated rings. The van der Waals surface area contributed by atoms with Crippen LogP contribution in [0.2, 0.25) is 10.3 Å². The van der Waals surface area contributed by atoms with E-state index in [4.69, 9.17) is 23.2 Å². The summed E-state index contributed by atoms with van der Waals surface area (Å²) in [5.41, 5.74) is 0.940. The van der Waals surface area contributed by atoms with E-state index in [0.29, 0.717) is 10.8 Å². The van der Waals surface area contributed by atoms with E-state index in [1.54, 1.807) is 11.3 Å². The minimum absolute atomic E-state index is 0.242. The van der Waals surface area contributed by atoms with Crippen molar-refractivity contribution < 1.29 is 0 Å². The molecule has 0 bridgehead atoms. The Morgan fingerprint density at radius 2 is 2.00 bits per heavy atom. The fraction of sp³-hybridized carbons (Fsp3) is 0.0769. The predicted molar refractivity (Wildman–Crippen MR) is 94.6 cm³/mol. The van der Waals surface area contributed by atoms with Crippen LogP contribution in [0, 0.1) is 10.5 Å². The van der Waals surface area contributed by atoms with Crippen LogP contribution < -0.4 is 5.32 Å². The Labute approximate surface area is 143 Å². The second-order valence-corrected chi connectivity index (χ2v) is 7.34. The quantitative estimate of drug-likeness (QED) is 0.417. The molecule has 0 saturated heterocycles. The molecule has 3 aromatic rings. The van der Waals surface area contributed by atoms with Crippen molar-refractivity contribution in [3.8, 4) is 0 Å². The number of hydrogen-bond donors (Lipinski definition) is 1. The molecule has 20 heavy (non-hydrogen) atoms. The van der Waals surface area contributed by atoms with E-state index in [9.17, 15) is 0 Å². The molecule has 1 aromatic carbocycles. The molecule has 0 aliphatic carbocycles. The first-order valence-corrected chi connectivity index (χ1v) is 8.34. The minimum Gasteiger partial charge on any atom is -0.339 e. The van der Waals surface area contributed by atoms with E-state index in [1.807, 2.05) is 25.1 Å². The summed E-state index contributed by atoms with van der Waals surface area (Å²) in [6.45, 7) is 2.04. The number of fused-ring (bicyclic) bond motifs is 1. The Morgan fingerprint density at radius 3 is 2.75 bits per heavy atom. The van der Waals surface area contributed by atoms with Crippen LogP contribution in [0.1, 0.15) is 4.88 Å². The maximum absolute atomic E-state index is 5.99. The van der Waals surface area contributed by atoms with Gasteiger partial charge in [-0.25, -0.2) is 4.98 Å². The van der Waals surface area contributed by atoms with Crippen LogP contribution in [-0.4, -0.2) is 9.97 Å². The van der Waals surface area contributed by atoms with Gasteiger partial charge in [-0.05, 0) is 65.4 Å². The van der Waals surface area contributed by atoms with Crippen LogP contribution in [0.15, 0.2) is 24.3 Å². The van der Waals surface area contributed by atoms with E-state index < -0.39 is 0 Å². The average Bonchev–Trinajstić information content (AvgIpc) is 2.73. The van der Waals surface area contributed by atoms with E-state index in [-0.39, 0.29) is 5.28 Å². The fourth-order valence-corrected chi connectivity index (χ4v) is 3.93. The lowest BCUT2D eigenvalue weighted by molar-refractivity contribution is 1.23. The molecular weight excluding hydrogens is 428 g/mol. The number of nitrogens with zero attached hydrogens (tertiary/aromatic N) is 2. The normalized spacial score (nSPS) is 11.0. The van der Waals surface area contributed by atoms with Crippen LogP contribution in [-0.2, 0) is 0 Å². The molecule has 3 nitrogen and oxygen atoms in total. The van der Waals surface area contributed by atoms with Gasteiger partial charge in [-0.3, -0.25) is 0 Å². The summed E-state index contributed by atoms with van der Waals surface area (Å²) in [6.07, 6.45) is 0. The third-order valence-corrected chi connectivity index (χ3v) is 4.91. The second kappa shape index (κ2) is 5.63. The molecule has 2 aromatic heterocycles. The van der Waals surface area contributed by atoms with E-state index in [2.05, 4.69) is 43.9 Å². The van der Waals surface area contributed by atoms with Gasteiger partial charge in [0, 0.05) is 13.5 Å². The molecule has 0 unspecified atom stereocenters. The highest BCUT2D eigenvalue weighted by Crippen LogP contribution is 2.32. The number of thiophene rings is 1. The Balaban J connectivity index is 2.10. The number of benzene rings is 1. The SMILES string of the molecule is Cc1cc2c(Nc3ccc(Cl)cc3I)nc(Cl)nc2s1. The molecule has 3 rings (SSSR count). The van der Waals surface area contributed by atoms with Crippen molar-refractivity contribution in [2.24, 2.45) is 0 Å². The highest BCUT2D eigenvalue weighted by atomic mass is 127. The fourth-order valence-electron chi connectivity index (χ4n) is 1.83. The van der Waals surface area contributed by atoms with E-state index in [1.165, 1.54) is 4.88 Å². The first kappa shape index (κ1) is 14.3. The zero-order valence-corrected chi connectivity index (χ0v) is 14.7. The van der Waals surface area contributed by atoms with Gasteiger partial charge in [0.25, 0.3) is 0 Å². The molecule has 0 saturated carbocycles. The number of hydrogen-bond acceptors (Lipinski definition) is 4. The summed E-state index contributed by atoms with van der Waals surface area (Å²) >= 11 is 15.8. The Hall–Kier alpha value is -0.630. The van der Waals surface area contributed by atoms with E-state index in [0.717, 1.165) is 19.5 Å². The number of nitrogens with one attached hydrogen (secondary N) is 1. The average molecular weight is 436 g/mol. The summed E-state index contributed by atoms with van der Waals surface area (Å²) in [6, 6.07) is 7.71. The maximum atomic E-state index is 5.99. The first-order valence-electron chi connectivity index (χ1n) is 5.69. The van der Waals surface area contributed by atoms with Crippen molar-refractivity contribution in [3.05, 3.63) is 43.0 Å². The second-order valence-electron chi connectivity index (χ2n) is 4.17. The Bertz CT molecular complexity index is 804. The van der Waals surface area contributed by atoms with Gasteiger partial charge in [-0.2, -0.15) is 4.98 Å². The Morgan fingerprint density at radius 1 is 1.20 bits per heavy atom. The summed E-state index contributed by atoms with van der Waals surface area (Å²) in [5, 5.41) is 5.22. The van der Waals surface area contributed by atoms with Gasteiger partial charge in [0.05, 0.1) is 11.1 Å². The monoisotopic (exact) mass is 435 g/mol. The van der Waals surface area contributed by atoms with Crippen LogP contribution in [0.4, 0.5) is 11.5 Å². The molecule has 0 radical (unpaired) electrons. The highest BCUT2D eigenvalue weighted by Gasteiger charge is 2.11. The lowest BCUT2D eigenvalue weighted by Gasteiger charge is -2.09. The van der Waals surface area contributed by atoms with Crippen molar-refractivity contribution in [2.45, 2.75) is 6.92 Å². The third kappa shape index (κ3) is 2.86. The number of anilines is 2.